The molecule has 2 aliphatic heterocycles. The van der Waals surface area contributed by atoms with Crippen molar-refractivity contribution in [2.24, 2.45) is 11.8 Å². The number of hydrogen-bond acceptors (Lipinski definition) is 9. The smallest absolute Gasteiger partial charge is 0.416 e. The fraction of sp³-hybridized carbons (Fsp3) is 0.457. The van der Waals surface area contributed by atoms with Crippen LogP contribution >= 0.6 is 11.6 Å². The zero-order valence-electron chi connectivity index (χ0n) is 27.8. The molecule has 2 amide bonds. The average molecular weight is 737 g/mol. The van der Waals surface area contributed by atoms with Crippen LogP contribution < -0.4 is 10.9 Å². The van der Waals surface area contributed by atoms with Crippen LogP contribution in [-0.4, -0.2) is 76.8 Å². The molecule has 2 N–H and O–H groups in total. The fourth-order valence-corrected chi connectivity index (χ4v) is 9.42. The number of nitrogens with one attached hydrogen (secondary N) is 1. The molecule has 0 radical (unpaired) electrons. The number of anilines is 1. The summed E-state index contributed by atoms with van der Waals surface area (Å²) < 4.78 is 48.3. The number of carbonyl (C=O) groups is 2. The third kappa shape index (κ3) is 4.82. The van der Waals surface area contributed by atoms with Crippen molar-refractivity contribution in [3.05, 3.63) is 80.0 Å². The zero-order valence-corrected chi connectivity index (χ0v) is 28.5. The number of hydrogen-bond donors (Lipinski definition) is 2. The molecule has 3 fully saturated rings. The molecular formula is C35H32ClF3N8O5. The van der Waals surface area contributed by atoms with Crippen LogP contribution in [0.3, 0.4) is 0 Å². The van der Waals surface area contributed by atoms with Crippen molar-refractivity contribution in [3.8, 4) is 5.75 Å². The highest BCUT2D eigenvalue weighted by molar-refractivity contribution is 6.33. The van der Waals surface area contributed by atoms with E-state index < -0.39 is 23.1 Å². The highest BCUT2D eigenvalue weighted by atomic mass is 35.5. The molecule has 17 heteroatoms. The number of benzene rings is 1. The summed E-state index contributed by atoms with van der Waals surface area (Å²) in [7, 11) is 0. The summed E-state index contributed by atoms with van der Waals surface area (Å²) in [6, 6.07) is 2.54. The van der Waals surface area contributed by atoms with Crippen molar-refractivity contribution in [3.63, 3.8) is 0 Å². The number of rotatable bonds is 5. The van der Waals surface area contributed by atoms with Crippen molar-refractivity contribution in [2.45, 2.75) is 69.1 Å². The van der Waals surface area contributed by atoms with E-state index in [1.807, 2.05) is 6.08 Å². The van der Waals surface area contributed by atoms with E-state index >= 15 is 0 Å². The van der Waals surface area contributed by atoms with E-state index in [1.54, 1.807) is 16.4 Å². The maximum absolute atomic E-state index is 14.7. The van der Waals surface area contributed by atoms with Crippen LogP contribution in [0.4, 0.5) is 18.9 Å². The first-order valence-corrected chi connectivity index (χ1v) is 17.6. The van der Waals surface area contributed by atoms with Crippen molar-refractivity contribution in [1.82, 2.24) is 34.0 Å². The molecule has 1 unspecified atom stereocenters. The minimum atomic E-state index is -4.60. The first-order chi connectivity index (χ1) is 24.9. The Morgan fingerprint density at radius 1 is 1.19 bits per heavy atom. The van der Waals surface area contributed by atoms with Crippen LogP contribution in [0, 0.1) is 18.8 Å². The molecule has 1 aromatic carbocycles. The van der Waals surface area contributed by atoms with Crippen LogP contribution in [0.5, 0.6) is 5.75 Å². The molecule has 4 aromatic rings. The van der Waals surface area contributed by atoms with Crippen LogP contribution in [-0.2, 0) is 27.7 Å². The van der Waals surface area contributed by atoms with Crippen molar-refractivity contribution < 1.29 is 32.6 Å². The average Bonchev–Trinajstić information content (AvgIpc) is 3.68. The van der Waals surface area contributed by atoms with Gasteiger partial charge in [0, 0.05) is 35.2 Å². The van der Waals surface area contributed by atoms with Gasteiger partial charge in [0.25, 0.3) is 11.5 Å². The Labute approximate surface area is 298 Å². The number of alkyl halides is 3. The maximum atomic E-state index is 14.7. The molecule has 1 saturated heterocycles. The second-order valence-electron chi connectivity index (χ2n) is 14.2. The molecular weight excluding hydrogens is 705 g/mol. The summed E-state index contributed by atoms with van der Waals surface area (Å²) in [4.78, 5) is 56.8. The van der Waals surface area contributed by atoms with Gasteiger partial charge in [0.2, 0.25) is 11.7 Å². The molecule has 13 nitrogen and oxygen atoms in total. The lowest BCUT2D eigenvalue weighted by Crippen LogP contribution is -2.64. The number of halogens is 4. The Morgan fingerprint density at radius 2 is 2.02 bits per heavy atom. The normalized spacial score (nSPS) is 26.0. The van der Waals surface area contributed by atoms with E-state index in [0.717, 1.165) is 43.0 Å². The lowest BCUT2D eigenvalue weighted by atomic mass is 9.54. The van der Waals surface area contributed by atoms with Gasteiger partial charge in [0.1, 0.15) is 12.9 Å². The number of aromatic hydroxyl groups is 1. The second kappa shape index (κ2) is 11.6. The molecule has 2 saturated carbocycles. The fourth-order valence-electron chi connectivity index (χ4n) is 9.19. The Bertz CT molecular complexity index is 2310. The van der Waals surface area contributed by atoms with Crippen molar-refractivity contribution >= 4 is 40.5 Å². The summed E-state index contributed by atoms with van der Waals surface area (Å²) >= 11 is 6.18. The highest BCUT2D eigenvalue weighted by Gasteiger charge is 2.70. The minimum Gasteiger partial charge on any atom is -0.504 e. The SMILES string of the molecule is Cc1ncnc(C(=O)N2CC[C@@]3(c4c(n(CC(=O)Nc5ccc(C(F)(F)F)cc5Cl)c5nc(C6=CCOCC6)nn5c4=O)C4C[C@@H]43)[C@@H]3CC[C@@H]32)c1O. The first kappa shape index (κ1) is 33.0. The number of fused-ring (bicyclic) bond motifs is 8. The molecule has 270 valence electrons. The topological polar surface area (TPSA) is 157 Å². The number of aromatic nitrogens is 6. The second-order valence-corrected chi connectivity index (χ2v) is 14.6. The predicted molar refractivity (Wildman–Crippen MR) is 179 cm³/mol. The number of aryl methyl sites for hydroxylation is 1. The summed E-state index contributed by atoms with van der Waals surface area (Å²) in [5, 5.41) is 17.7. The van der Waals surface area contributed by atoms with E-state index in [-0.39, 0.29) is 69.7 Å². The van der Waals surface area contributed by atoms with E-state index in [1.165, 1.54) is 10.8 Å². The van der Waals surface area contributed by atoms with Gasteiger partial charge in [-0.15, -0.1) is 5.10 Å². The molecule has 9 rings (SSSR count). The van der Waals surface area contributed by atoms with E-state index in [9.17, 15) is 32.7 Å². The van der Waals surface area contributed by atoms with E-state index in [4.69, 9.17) is 21.3 Å². The predicted octanol–water partition coefficient (Wildman–Crippen LogP) is 4.49. The molecule has 3 aliphatic carbocycles. The number of ether oxygens (including phenoxy) is 1. The number of nitrogens with zero attached hydrogens (tertiary/aromatic N) is 7. The number of piperidine rings is 1. The van der Waals surface area contributed by atoms with Crippen LogP contribution in [0.2, 0.25) is 5.02 Å². The van der Waals surface area contributed by atoms with Crippen molar-refractivity contribution in [2.75, 3.05) is 25.1 Å². The molecule has 3 aromatic heterocycles. The van der Waals surface area contributed by atoms with Gasteiger partial charge in [-0.1, -0.05) is 17.7 Å². The number of carbonyl (C=O) groups excluding carboxylic acids is 2. The molecule has 5 heterocycles. The van der Waals surface area contributed by atoms with Gasteiger partial charge in [-0.25, -0.2) is 9.97 Å². The Hall–Kier alpha value is -4.83. The minimum absolute atomic E-state index is 0.0166. The monoisotopic (exact) mass is 736 g/mol. The van der Waals surface area contributed by atoms with Gasteiger partial charge in [0.05, 0.1) is 35.2 Å². The quantitative estimate of drug-likeness (QED) is 0.302. The third-order valence-corrected chi connectivity index (χ3v) is 12.0. The first-order valence-electron chi connectivity index (χ1n) is 17.2. The lowest BCUT2D eigenvalue weighted by molar-refractivity contribution is -0.137. The summed E-state index contributed by atoms with van der Waals surface area (Å²) in [5.41, 5.74) is 0.565. The molecule has 0 bridgehead atoms. The Morgan fingerprint density at radius 3 is 2.73 bits per heavy atom. The molecule has 52 heavy (non-hydrogen) atoms. The van der Waals surface area contributed by atoms with Gasteiger partial charge in [-0.05, 0) is 74.6 Å². The summed E-state index contributed by atoms with van der Waals surface area (Å²) in [5.74, 6) is -0.624. The summed E-state index contributed by atoms with van der Waals surface area (Å²) in [6.45, 7) is 2.49. The largest absolute Gasteiger partial charge is 0.504 e. The van der Waals surface area contributed by atoms with Gasteiger partial charge in [-0.3, -0.25) is 14.4 Å². The summed E-state index contributed by atoms with van der Waals surface area (Å²) in [6.07, 6.45) is 1.86. The van der Waals surface area contributed by atoms with Crippen LogP contribution in [0.1, 0.15) is 76.8 Å². The van der Waals surface area contributed by atoms with Gasteiger partial charge in [0.15, 0.2) is 17.3 Å². The lowest BCUT2D eigenvalue weighted by Gasteiger charge is -2.58. The molecule has 5 atom stereocenters. The number of amides is 2. The standard InChI is InChI=1S/C35H32ClF3N8O5/c1-16-29(49)27(41-15-40-16)32(51)45-9-8-34(20-3-5-24(20)45)21-13-19(21)28-26(34)31(50)47-33(43-30(44-47)17-6-10-52-11-7-17)46(28)14-25(48)42-23-4-2-18(12-22(23)36)35(37,38)39/h2,4,6,12,15,19-21,24,49H,3,5,7-11,13-14H2,1H3,(H,42,48)/t19?,20-,21+,24+,34-/m1/s1. The van der Waals surface area contributed by atoms with Gasteiger partial charge in [-0.2, -0.15) is 22.7 Å². The maximum Gasteiger partial charge on any atom is 0.416 e. The van der Waals surface area contributed by atoms with Gasteiger partial charge >= 0.3 is 6.18 Å². The van der Waals surface area contributed by atoms with E-state index in [0.29, 0.717) is 55.4 Å². The van der Waals surface area contributed by atoms with E-state index in [2.05, 4.69) is 20.4 Å². The van der Waals surface area contributed by atoms with Crippen molar-refractivity contribution in [1.29, 1.82) is 0 Å². The van der Waals surface area contributed by atoms with Crippen LogP contribution in [0.25, 0.3) is 11.4 Å². The zero-order chi connectivity index (χ0) is 36.3. The highest BCUT2D eigenvalue weighted by Crippen LogP contribution is 2.72. The number of likely N-dealkylation sites (tertiary alicyclic amines) is 1. The Balaban J connectivity index is 1.12. The van der Waals surface area contributed by atoms with Gasteiger partial charge < -0.3 is 24.6 Å². The molecule has 1 spiro atoms. The molecule has 5 aliphatic rings. The van der Waals surface area contributed by atoms with Crippen LogP contribution in [0.15, 0.2) is 35.4 Å². The third-order valence-electron chi connectivity index (χ3n) is 11.7. The Kier molecular flexibility index (Phi) is 7.36.